The molecule has 0 aliphatic heterocycles. The Hall–Kier alpha value is -2.61. The van der Waals surface area contributed by atoms with Crippen molar-refractivity contribution in [3.63, 3.8) is 0 Å². The van der Waals surface area contributed by atoms with E-state index in [0.29, 0.717) is 5.82 Å². The lowest BCUT2D eigenvalue weighted by Gasteiger charge is -2.16. The molecule has 0 fully saturated rings. The average Bonchev–Trinajstić information content (AvgIpc) is 2.39. The number of benzene rings is 1. The standard InChI is InChI=1S/C14H15N5/c1-10-8-11(4-5-13(10)19(2)3)18-14-12(9-15)16-6-7-17-14/h4-8H,1-3H3,(H,17,18). The Morgan fingerprint density at radius 1 is 1.21 bits per heavy atom. The second-order valence-electron chi connectivity index (χ2n) is 4.39. The molecule has 0 aliphatic rings. The Labute approximate surface area is 112 Å². The first-order chi connectivity index (χ1) is 9.11. The maximum absolute atomic E-state index is 8.97. The lowest BCUT2D eigenvalue weighted by atomic mass is 10.1. The second kappa shape index (κ2) is 5.36. The van der Waals surface area contributed by atoms with Crippen molar-refractivity contribution in [3.05, 3.63) is 41.9 Å². The van der Waals surface area contributed by atoms with Gasteiger partial charge in [0.2, 0.25) is 0 Å². The van der Waals surface area contributed by atoms with Crippen LogP contribution in [-0.2, 0) is 0 Å². The molecule has 0 bridgehead atoms. The van der Waals surface area contributed by atoms with E-state index in [1.165, 1.54) is 6.20 Å². The second-order valence-corrected chi connectivity index (χ2v) is 4.39. The average molecular weight is 253 g/mol. The summed E-state index contributed by atoms with van der Waals surface area (Å²) in [5, 5.41) is 12.1. The molecule has 1 aromatic heterocycles. The molecule has 19 heavy (non-hydrogen) atoms. The number of nitriles is 1. The van der Waals surface area contributed by atoms with Gasteiger partial charge in [0.25, 0.3) is 0 Å². The molecule has 2 aromatic rings. The van der Waals surface area contributed by atoms with Crippen LogP contribution in [-0.4, -0.2) is 24.1 Å². The number of nitrogens with zero attached hydrogens (tertiary/aromatic N) is 4. The maximum Gasteiger partial charge on any atom is 0.183 e. The van der Waals surface area contributed by atoms with Crippen LogP contribution in [0.2, 0.25) is 0 Å². The first kappa shape index (κ1) is 12.8. The summed E-state index contributed by atoms with van der Waals surface area (Å²) in [5.74, 6) is 0.474. The Morgan fingerprint density at radius 3 is 2.58 bits per heavy atom. The van der Waals surface area contributed by atoms with Gasteiger partial charge in [-0.25, -0.2) is 9.97 Å². The van der Waals surface area contributed by atoms with Crippen molar-refractivity contribution in [2.75, 3.05) is 24.3 Å². The third kappa shape index (κ3) is 2.80. The Morgan fingerprint density at radius 2 is 1.95 bits per heavy atom. The maximum atomic E-state index is 8.97. The summed E-state index contributed by atoms with van der Waals surface area (Å²) in [6.07, 6.45) is 3.06. The topological polar surface area (TPSA) is 64.8 Å². The van der Waals surface area contributed by atoms with E-state index < -0.39 is 0 Å². The van der Waals surface area contributed by atoms with Crippen LogP contribution >= 0.6 is 0 Å². The van der Waals surface area contributed by atoms with Crippen LogP contribution in [0.5, 0.6) is 0 Å². The first-order valence-corrected chi connectivity index (χ1v) is 5.88. The predicted octanol–water partition coefficient (Wildman–Crippen LogP) is 2.47. The summed E-state index contributed by atoms with van der Waals surface area (Å²) < 4.78 is 0. The first-order valence-electron chi connectivity index (χ1n) is 5.88. The van der Waals surface area contributed by atoms with Crippen molar-refractivity contribution in [2.24, 2.45) is 0 Å². The van der Waals surface area contributed by atoms with Gasteiger partial charge in [-0.3, -0.25) is 0 Å². The number of anilines is 3. The van der Waals surface area contributed by atoms with E-state index in [-0.39, 0.29) is 5.69 Å². The van der Waals surface area contributed by atoms with E-state index in [4.69, 9.17) is 5.26 Å². The lowest BCUT2D eigenvalue weighted by molar-refractivity contribution is 1.11. The third-order valence-electron chi connectivity index (χ3n) is 2.75. The largest absolute Gasteiger partial charge is 0.377 e. The molecule has 0 saturated heterocycles. The lowest BCUT2D eigenvalue weighted by Crippen LogP contribution is -2.10. The van der Waals surface area contributed by atoms with Gasteiger partial charge in [-0.15, -0.1) is 0 Å². The molecule has 96 valence electrons. The minimum atomic E-state index is 0.289. The molecule has 5 heteroatoms. The van der Waals surface area contributed by atoms with Crippen molar-refractivity contribution in [1.29, 1.82) is 5.26 Å². The number of nitrogens with one attached hydrogen (secondary N) is 1. The summed E-state index contributed by atoms with van der Waals surface area (Å²) in [6.45, 7) is 2.04. The zero-order valence-electron chi connectivity index (χ0n) is 11.2. The molecular formula is C14H15N5. The van der Waals surface area contributed by atoms with E-state index in [1.54, 1.807) is 6.20 Å². The Kier molecular flexibility index (Phi) is 3.62. The van der Waals surface area contributed by atoms with E-state index in [2.05, 4.69) is 20.2 Å². The monoisotopic (exact) mass is 253 g/mol. The van der Waals surface area contributed by atoms with E-state index in [9.17, 15) is 0 Å². The molecule has 1 aromatic carbocycles. The van der Waals surface area contributed by atoms with Crippen LogP contribution in [0.25, 0.3) is 0 Å². The number of rotatable bonds is 3. The van der Waals surface area contributed by atoms with E-state index in [0.717, 1.165) is 16.9 Å². The van der Waals surface area contributed by atoms with Crippen molar-refractivity contribution in [2.45, 2.75) is 6.92 Å². The van der Waals surface area contributed by atoms with Crippen molar-refractivity contribution in [1.82, 2.24) is 9.97 Å². The molecule has 1 heterocycles. The van der Waals surface area contributed by atoms with Crippen molar-refractivity contribution >= 4 is 17.2 Å². The van der Waals surface area contributed by atoms with Crippen molar-refractivity contribution < 1.29 is 0 Å². The number of hydrogen-bond acceptors (Lipinski definition) is 5. The number of aryl methyl sites for hydroxylation is 1. The minimum Gasteiger partial charge on any atom is -0.377 e. The van der Waals surface area contributed by atoms with Gasteiger partial charge in [0, 0.05) is 37.9 Å². The molecule has 0 amide bonds. The molecule has 0 spiro atoms. The normalized spacial score (nSPS) is 9.79. The van der Waals surface area contributed by atoms with Crippen LogP contribution in [0, 0.1) is 18.3 Å². The molecule has 5 nitrogen and oxygen atoms in total. The van der Waals surface area contributed by atoms with Gasteiger partial charge in [-0.1, -0.05) is 0 Å². The predicted molar refractivity (Wildman–Crippen MR) is 75.5 cm³/mol. The zero-order valence-corrected chi connectivity index (χ0v) is 11.2. The molecule has 1 N–H and O–H groups in total. The summed E-state index contributed by atoms with van der Waals surface area (Å²) in [4.78, 5) is 10.2. The number of hydrogen-bond donors (Lipinski definition) is 1. The van der Waals surface area contributed by atoms with Gasteiger partial charge in [-0.05, 0) is 30.7 Å². The van der Waals surface area contributed by atoms with Gasteiger partial charge in [0.15, 0.2) is 11.5 Å². The van der Waals surface area contributed by atoms with E-state index in [1.807, 2.05) is 45.3 Å². The molecule has 0 saturated carbocycles. The van der Waals surface area contributed by atoms with Crippen LogP contribution in [0.15, 0.2) is 30.6 Å². The molecule has 2 rings (SSSR count). The summed E-state index contributed by atoms with van der Waals surface area (Å²) in [7, 11) is 4.01. The van der Waals surface area contributed by atoms with Crippen LogP contribution in [0.1, 0.15) is 11.3 Å². The highest BCUT2D eigenvalue weighted by molar-refractivity contribution is 5.65. The highest BCUT2D eigenvalue weighted by atomic mass is 15.1. The van der Waals surface area contributed by atoms with Gasteiger partial charge in [0.05, 0.1) is 0 Å². The van der Waals surface area contributed by atoms with Crippen LogP contribution in [0.3, 0.4) is 0 Å². The Bertz CT molecular complexity index is 628. The summed E-state index contributed by atoms with van der Waals surface area (Å²) in [6, 6.07) is 8.02. The third-order valence-corrected chi connectivity index (χ3v) is 2.75. The van der Waals surface area contributed by atoms with E-state index >= 15 is 0 Å². The highest BCUT2D eigenvalue weighted by Gasteiger charge is 2.06. The highest BCUT2D eigenvalue weighted by Crippen LogP contribution is 2.24. The fourth-order valence-electron chi connectivity index (χ4n) is 1.88. The summed E-state index contributed by atoms with van der Waals surface area (Å²) >= 11 is 0. The van der Waals surface area contributed by atoms with Crippen molar-refractivity contribution in [3.8, 4) is 6.07 Å². The van der Waals surface area contributed by atoms with Crippen LogP contribution < -0.4 is 10.2 Å². The van der Waals surface area contributed by atoms with Gasteiger partial charge in [0.1, 0.15) is 6.07 Å². The smallest absolute Gasteiger partial charge is 0.183 e. The number of aromatic nitrogens is 2. The van der Waals surface area contributed by atoms with Gasteiger partial charge in [-0.2, -0.15) is 5.26 Å². The molecule has 0 atom stereocenters. The fourth-order valence-corrected chi connectivity index (χ4v) is 1.88. The Balaban J connectivity index is 2.30. The SMILES string of the molecule is Cc1cc(Nc2nccnc2C#N)ccc1N(C)C. The molecule has 0 unspecified atom stereocenters. The quantitative estimate of drug-likeness (QED) is 0.910. The fraction of sp³-hybridized carbons (Fsp3) is 0.214. The minimum absolute atomic E-state index is 0.289. The molecule has 0 radical (unpaired) electrons. The summed E-state index contributed by atoms with van der Waals surface area (Å²) in [5.41, 5.74) is 3.49. The molecule has 0 aliphatic carbocycles. The zero-order chi connectivity index (χ0) is 13.8. The molecular weight excluding hydrogens is 238 g/mol. The van der Waals surface area contributed by atoms with Gasteiger partial charge < -0.3 is 10.2 Å². The van der Waals surface area contributed by atoms with Crippen LogP contribution in [0.4, 0.5) is 17.2 Å². The van der Waals surface area contributed by atoms with Gasteiger partial charge >= 0.3 is 0 Å².